The maximum atomic E-state index is 12.1. The van der Waals surface area contributed by atoms with E-state index in [1.54, 1.807) is 19.2 Å². The summed E-state index contributed by atoms with van der Waals surface area (Å²) < 4.78 is 10.8. The lowest BCUT2D eigenvalue weighted by molar-refractivity contribution is -0.122. The first kappa shape index (κ1) is 15.9. The minimum atomic E-state index is -0.341. The SMILES string of the molecule is CC(NC(=O)CN(C)C(=O)c1ccco1)c1cc2ccccc2o1. The van der Waals surface area contributed by atoms with Crippen LogP contribution in [0.1, 0.15) is 29.3 Å². The fourth-order valence-electron chi connectivity index (χ4n) is 2.45. The van der Waals surface area contributed by atoms with Crippen molar-refractivity contribution in [3.8, 4) is 0 Å². The van der Waals surface area contributed by atoms with Crippen LogP contribution in [-0.4, -0.2) is 30.3 Å². The molecular formula is C18H18N2O4. The summed E-state index contributed by atoms with van der Waals surface area (Å²) in [6, 6.07) is 12.5. The molecule has 2 heterocycles. The average Bonchev–Trinajstić information content (AvgIpc) is 3.23. The van der Waals surface area contributed by atoms with Crippen LogP contribution in [0.4, 0.5) is 0 Å². The Labute approximate surface area is 139 Å². The first-order valence-corrected chi connectivity index (χ1v) is 7.61. The second kappa shape index (κ2) is 6.62. The standard InChI is InChI=1S/C18H18N2O4/c1-12(16-10-13-6-3-4-7-14(13)24-16)19-17(21)11-20(2)18(22)15-8-5-9-23-15/h3-10,12H,11H2,1-2H3,(H,19,21). The molecule has 0 radical (unpaired) electrons. The molecule has 0 saturated heterocycles. The Balaban J connectivity index is 1.60. The fraction of sp³-hybridized carbons (Fsp3) is 0.222. The first-order valence-electron chi connectivity index (χ1n) is 7.61. The summed E-state index contributed by atoms with van der Waals surface area (Å²) in [7, 11) is 1.55. The molecular weight excluding hydrogens is 308 g/mol. The lowest BCUT2D eigenvalue weighted by Crippen LogP contribution is -2.39. The highest BCUT2D eigenvalue weighted by molar-refractivity contribution is 5.94. The van der Waals surface area contributed by atoms with Crippen LogP contribution in [-0.2, 0) is 4.79 Å². The summed E-state index contributed by atoms with van der Waals surface area (Å²) >= 11 is 0. The Morgan fingerprint density at radius 2 is 2.00 bits per heavy atom. The zero-order chi connectivity index (χ0) is 17.1. The molecule has 1 unspecified atom stereocenters. The molecule has 0 aliphatic carbocycles. The third kappa shape index (κ3) is 3.32. The van der Waals surface area contributed by atoms with Crippen LogP contribution >= 0.6 is 0 Å². The predicted molar refractivity (Wildman–Crippen MR) is 88.4 cm³/mol. The number of hydrogen-bond acceptors (Lipinski definition) is 4. The highest BCUT2D eigenvalue weighted by atomic mass is 16.3. The van der Waals surface area contributed by atoms with Crippen molar-refractivity contribution in [3.05, 3.63) is 60.2 Å². The highest BCUT2D eigenvalue weighted by Crippen LogP contribution is 2.23. The van der Waals surface area contributed by atoms with Gasteiger partial charge in [-0.25, -0.2) is 0 Å². The number of carbonyl (C=O) groups excluding carboxylic acids is 2. The van der Waals surface area contributed by atoms with Crippen LogP contribution in [0.15, 0.2) is 57.6 Å². The lowest BCUT2D eigenvalue weighted by atomic mass is 10.2. The van der Waals surface area contributed by atoms with Crippen molar-refractivity contribution >= 4 is 22.8 Å². The average molecular weight is 326 g/mol. The van der Waals surface area contributed by atoms with Gasteiger partial charge in [0.15, 0.2) is 5.76 Å². The van der Waals surface area contributed by atoms with Crippen LogP contribution in [0, 0.1) is 0 Å². The Hall–Kier alpha value is -3.02. The third-order valence-corrected chi connectivity index (χ3v) is 3.71. The van der Waals surface area contributed by atoms with Crippen molar-refractivity contribution < 1.29 is 18.4 Å². The molecule has 0 spiro atoms. The third-order valence-electron chi connectivity index (χ3n) is 3.71. The molecule has 0 fully saturated rings. The van der Waals surface area contributed by atoms with E-state index in [4.69, 9.17) is 8.83 Å². The van der Waals surface area contributed by atoms with Crippen LogP contribution in [0.2, 0.25) is 0 Å². The van der Waals surface area contributed by atoms with Gasteiger partial charge in [-0.3, -0.25) is 9.59 Å². The molecule has 6 nitrogen and oxygen atoms in total. The Bertz CT molecular complexity index is 818. The van der Waals surface area contributed by atoms with E-state index in [2.05, 4.69) is 5.32 Å². The molecule has 6 heteroatoms. The molecule has 2 amide bonds. The molecule has 1 aromatic carbocycles. The number of nitrogens with one attached hydrogen (secondary N) is 1. The highest BCUT2D eigenvalue weighted by Gasteiger charge is 2.19. The van der Waals surface area contributed by atoms with Gasteiger partial charge >= 0.3 is 0 Å². The quantitative estimate of drug-likeness (QED) is 0.782. The first-order chi connectivity index (χ1) is 11.5. The summed E-state index contributed by atoms with van der Waals surface area (Å²) in [6.07, 6.45) is 1.42. The number of para-hydroxylation sites is 1. The molecule has 3 aromatic rings. The number of nitrogens with zero attached hydrogens (tertiary/aromatic N) is 1. The lowest BCUT2D eigenvalue weighted by Gasteiger charge is -2.17. The van der Waals surface area contributed by atoms with Gasteiger partial charge in [0.25, 0.3) is 5.91 Å². The van der Waals surface area contributed by atoms with Crippen molar-refractivity contribution in [2.24, 2.45) is 0 Å². The van der Waals surface area contributed by atoms with Gasteiger partial charge in [0.05, 0.1) is 18.8 Å². The molecule has 0 aliphatic heterocycles. The number of rotatable bonds is 5. The van der Waals surface area contributed by atoms with Crippen molar-refractivity contribution in [1.82, 2.24) is 10.2 Å². The van der Waals surface area contributed by atoms with Crippen molar-refractivity contribution in [3.63, 3.8) is 0 Å². The Morgan fingerprint density at radius 3 is 2.71 bits per heavy atom. The topological polar surface area (TPSA) is 75.7 Å². The van der Waals surface area contributed by atoms with Gasteiger partial charge in [-0.15, -0.1) is 0 Å². The molecule has 3 rings (SSSR count). The molecule has 0 saturated carbocycles. The zero-order valence-corrected chi connectivity index (χ0v) is 13.5. The van der Waals surface area contributed by atoms with Crippen LogP contribution in [0.25, 0.3) is 11.0 Å². The maximum Gasteiger partial charge on any atom is 0.289 e. The van der Waals surface area contributed by atoms with Gasteiger partial charge in [-0.05, 0) is 31.2 Å². The fourth-order valence-corrected chi connectivity index (χ4v) is 2.45. The Morgan fingerprint density at radius 1 is 1.21 bits per heavy atom. The summed E-state index contributed by atoms with van der Waals surface area (Å²) in [5.74, 6) is 0.261. The smallest absolute Gasteiger partial charge is 0.289 e. The van der Waals surface area contributed by atoms with E-state index < -0.39 is 0 Å². The molecule has 0 bridgehead atoms. The number of likely N-dealkylation sites (N-methyl/N-ethyl adjacent to an activating group) is 1. The van der Waals surface area contributed by atoms with Gasteiger partial charge in [0.2, 0.25) is 5.91 Å². The van der Waals surface area contributed by atoms with Gasteiger partial charge in [0.1, 0.15) is 11.3 Å². The van der Waals surface area contributed by atoms with E-state index in [0.29, 0.717) is 5.76 Å². The van der Waals surface area contributed by atoms with Crippen LogP contribution < -0.4 is 5.32 Å². The molecule has 1 N–H and O–H groups in total. The van der Waals surface area contributed by atoms with Gasteiger partial charge < -0.3 is 19.1 Å². The normalized spacial score (nSPS) is 12.1. The van der Waals surface area contributed by atoms with E-state index in [-0.39, 0.29) is 30.2 Å². The zero-order valence-electron chi connectivity index (χ0n) is 13.5. The van der Waals surface area contributed by atoms with Gasteiger partial charge in [-0.2, -0.15) is 0 Å². The summed E-state index contributed by atoms with van der Waals surface area (Å²) in [5.41, 5.74) is 0.777. The summed E-state index contributed by atoms with van der Waals surface area (Å²) in [4.78, 5) is 25.5. The van der Waals surface area contributed by atoms with E-state index in [0.717, 1.165) is 11.0 Å². The number of amides is 2. The number of fused-ring (bicyclic) bond motifs is 1. The number of furan rings is 2. The minimum Gasteiger partial charge on any atom is -0.459 e. The molecule has 0 aliphatic rings. The largest absolute Gasteiger partial charge is 0.459 e. The second-order valence-corrected chi connectivity index (χ2v) is 5.61. The summed E-state index contributed by atoms with van der Waals surface area (Å²) in [6.45, 7) is 1.77. The number of benzene rings is 1. The summed E-state index contributed by atoms with van der Waals surface area (Å²) in [5, 5.41) is 3.82. The van der Waals surface area contributed by atoms with Crippen molar-refractivity contribution in [2.45, 2.75) is 13.0 Å². The Kier molecular flexibility index (Phi) is 4.37. The second-order valence-electron chi connectivity index (χ2n) is 5.61. The van der Waals surface area contributed by atoms with Crippen molar-refractivity contribution in [2.75, 3.05) is 13.6 Å². The van der Waals surface area contributed by atoms with Crippen molar-refractivity contribution in [1.29, 1.82) is 0 Å². The molecule has 24 heavy (non-hydrogen) atoms. The van der Waals surface area contributed by atoms with E-state index in [1.165, 1.54) is 11.2 Å². The van der Waals surface area contributed by atoms with E-state index in [1.807, 2.05) is 37.3 Å². The van der Waals surface area contributed by atoms with E-state index in [9.17, 15) is 9.59 Å². The molecule has 1 atom stereocenters. The van der Waals surface area contributed by atoms with E-state index >= 15 is 0 Å². The van der Waals surface area contributed by atoms with Gasteiger partial charge in [-0.1, -0.05) is 18.2 Å². The predicted octanol–water partition coefficient (Wildman–Crippen LogP) is 2.98. The number of hydrogen-bond donors (Lipinski definition) is 1. The van der Waals surface area contributed by atoms with Gasteiger partial charge in [0, 0.05) is 12.4 Å². The van der Waals surface area contributed by atoms with Crippen LogP contribution in [0.3, 0.4) is 0 Å². The monoisotopic (exact) mass is 326 g/mol. The molecule has 124 valence electrons. The maximum absolute atomic E-state index is 12.1. The minimum absolute atomic E-state index is 0.0654. The van der Waals surface area contributed by atoms with Crippen LogP contribution in [0.5, 0.6) is 0 Å². The number of carbonyl (C=O) groups is 2. The molecule has 2 aromatic heterocycles.